The summed E-state index contributed by atoms with van der Waals surface area (Å²) < 4.78 is 48.5. The summed E-state index contributed by atoms with van der Waals surface area (Å²) in [5, 5.41) is 0.206. The van der Waals surface area contributed by atoms with Crippen LogP contribution in [0.15, 0.2) is 64.0 Å². The molecule has 4 aromatic rings. The molecule has 10 nitrogen and oxygen atoms in total. The normalized spacial score (nSPS) is 12.5. The molecule has 3 aromatic heterocycles. The minimum absolute atomic E-state index is 0.0334. The van der Waals surface area contributed by atoms with E-state index in [9.17, 15) is 22.2 Å². The number of carbonyl (C=O) groups excluding carboxylic acids is 1. The van der Waals surface area contributed by atoms with Crippen LogP contribution in [0.1, 0.15) is 5.56 Å². The molecule has 0 spiro atoms. The molecule has 1 atom stereocenters. The van der Waals surface area contributed by atoms with Crippen LogP contribution in [0.25, 0.3) is 16.7 Å². The number of fused-ring (bicyclic) bond motifs is 1. The van der Waals surface area contributed by atoms with Gasteiger partial charge in [-0.2, -0.15) is 0 Å². The molecule has 0 saturated heterocycles. The highest BCUT2D eigenvalue weighted by Crippen LogP contribution is 2.26. The first-order valence-corrected chi connectivity index (χ1v) is 13.4. The second-order valence-corrected chi connectivity index (χ2v) is 11.7. The molecule has 0 bridgehead atoms. The number of pyridine rings is 1. The smallest absolute Gasteiger partial charge is 0.267 e. The standard InChI is InChI=1S/C20H15ClN4O6S3/c21-17-4-6-19(32-17)34(30,31)10-14(26)7-12-1-5-18(22-9-12)25-11-23-16-3-2-13(24-33(28)29)8-15(16)20(25)27/h1-6,8-9,11,24H,7,10H2,(H,28,29). The van der Waals surface area contributed by atoms with E-state index >= 15 is 0 Å². The predicted octanol–water partition coefficient (Wildman–Crippen LogP) is 2.63. The van der Waals surface area contributed by atoms with Crippen LogP contribution < -0.4 is 10.3 Å². The summed E-state index contributed by atoms with van der Waals surface area (Å²) in [4.78, 5) is 33.6. The molecule has 1 aromatic carbocycles. The van der Waals surface area contributed by atoms with Gasteiger partial charge in [0.1, 0.15) is 22.1 Å². The van der Waals surface area contributed by atoms with Crippen molar-refractivity contribution < 1.29 is 22.0 Å². The van der Waals surface area contributed by atoms with Crippen molar-refractivity contribution in [2.45, 2.75) is 10.6 Å². The summed E-state index contributed by atoms with van der Waals surface area (Å²) >= 11 is 4.37. The molecule has 4 rings (SSSR count). The third-order valence-electron chi connectivity index (χ3n) is 4.63. The fraction of sp³-hybridized carbons (Fsp3) is 0.100. The molecule has 0 saturated carbocycles. The number of nitrogens with one attached hydrogen (secondary N) is 1. The quantitative estimate of drug-likeness (QED) is 0.325. The van der Waals surface area contributed by atoms with Crippen molar-refractivity contribution in [3.05, 3.63) is 75.2 Å². The highest BCUT2D eigenvalue weighted by atomic mass is 35.5. The summed E-state index contributed by atoms with van der Waals surface area (Å²) in [6.45, 7) is 0. The summed E-state index contributed by atoms with van der Waals surface area (Å²) in [6, 6.07) is 10.4. The van der Waals surface area contributed by atoms with Crippen LogP contribution in [0, 0.1) is 0 Å². The summed E-state index contributed by atoms with van der Waals surface area (Å²) in [6.07, 6.45) is 2.53. The van der Waals surface area contributed by atoms with Crippen LogP contribution in [0.2, 0.25) is 4.34 Å². The molecule has 2 N–H and O–H groups in total. The number of hydrogen-bond donors (Lipinski definition) is 2. The molecule has 0 aliphatic heterocycles. The Balaban J connectivity index is 1.53. The summed E-state index contributed by atoms with van der Waals surface area (Å²) in [5.41, 5.74) is 0.693. The van der Waals surface area contributed by atoms with E-state index < -0.39 is 38.2 Å². The maximum absolute atomic E-state index is 12.9. The maximum atomic E-state index is 12.9. The topological polar surface area (TPSA) is 148 Å². The molecule has 0 amide bonds. The van der Waals surface area contributed by atoms with Gasteiger partial charge in [0.05, 0.1) is 15.2 Å². The number of nitrogens with zero attached hydrogens (tertiary/aromatic N) is 3. The number of anilines is 1. The number of halogens is 1. The molecule has 0 aliphatic rings. The highest BCUT2D eigenvalue weighted by molar-refractivity contribution is 7.94. The Hall–Kier alpha value is -2.97. The SMILES string of the molecule is O=C(Cc1ccc(-n2cnc3ccc(NS(=O)O)cc3c2=O)nc1)CS(=O)(=O)c1ccc(Cl)s1. The fourth-order valence-corrected chi connectivity index (χ4v) is 6.28. The van der Waals surface area contributed by atoms with Crippen molar-refractivity contribution in [3.63, 3.8) is 0 Å². The zero-order chi connectivity index (χ0) is 24.5. The van der Waals surface area contributed by atoms with E-state index in [0.717, 1.165) is 11.3 Å². The zero-order valence-corrected chi connectivity index (χ0v) is 20.2. The molecule has 176 valence electrons. The lowest BCUT2D eigenvalue weighted by Crippen LogP contribution is -2.20. The number of benzene rings is 1. The van der Waals surface area contributed by atoms with Gasteiger partial charge < -0.3 is 0 Å². The van der Waals surface area contributed by atoms with Gasteiger partial charge >= 0.3 is 0 Å². The first-order valence-electron chi connectivity index (χ1n) is 9.46. The van der Waals surface area contributed by atoms with Crippen molar-refractivity contribution in [2.24, 2.45) is 0 Å². The van der Waals surface area contributed by atoms with Crippen LogP contribution in [0.3, 0.4) is 0 Å². The Kier molecular flexibility index (Phi) is 6.91. The maximum Gasteiger partial charge on any atom is 0.267 e. The average Bonchev–Trinajstić information content (AvgIpc) is 3.22. The molecule has 14 heteroatoms. The molecule has 0 radical (unpaired) electrons. The van der Waals surface area contributed by atoms with Crippen molar-refractivity contribution in [2.75, 3.05) is 10.5 Å². The minimum Gasteiger partial charge on any atom is -0.298 e. The third kappa shape index (κ3) is 5.39. The number of rotatable bonds is 8. The molecule has 34 heavy (non-hydrogen) atoms. The van der Waals surface area contributed by atoms with E-state index in [0.29, 0.717) is 15.4 Å². The van der Waals surface area contributed by atoms with Crippen LogP contribution in [-0.2, 0) is 32.3 Å². The van der Waals surface area contributed by atoms with Gasteiger partial charge in [0.2, 0.25) is 0 Å². The van der Waals surface area contributed by atoms with Crippen molar-refractivity contribution in [1.82, 2.24) is 14.5 Å². The minimum atomic E-state index is -3.78. The Labute approximate surface area is 204 Å². The summed E-state index contributed by atoms with van der Waals surface area (Å²) in [5.74, 6) is -0.931. The highest BCUT2D eigenvalue weighted by Gasteiger charge is 2.21. The number of ketones is 1. The number of thiophene rings is 1. The van der Waals surface area contributed by atoms with E-state index in [4.69, 9.17) is 16.2 Å². The number of aromatic nitrogens is 3. The number of carbonyl (C=O) groups is 1. The van der Waals surface area contributed by atoms with Crippen LogP contribution in [0.5, 0.6) is 0 Å². The lowest BCUT2D eigenvalue weighted by Gasteiger charge is -2.08. The molecule has 1 unspecified atom stereocenters. The molecular formula is C20H15ClN4O6S3. The van der Waals surface area contributed by atoms with E-state index in [2.05, 4.69) is 14.7 Å². The van der Waals surface area contributed by atoms with E-state index in [1.165, 1.54) is 53.5 Å². The largest absolute Gasteiger partial charge is 0.298 e. The van der Waals surface area contributed by atoms with Gasteiger partial charge in [-0.05, 0) is 42.0 Å². The predicted molar refractivity (Wildman–Crippen MR) is 130 cm³/mol. The Morgan fingerprint density at radius 3 is 2.62 bits per heavy atom. The zero-order valence-electron chi connectivity index (χ0n) is 17.0. The molecule has 0 aliphatic carbocycles. The molecule has 3 heterocycles. The van der Waals surface area contributed by atoms with Gasteiger partial charge in [0.15, 0.2) is 15.6 Å². The number of Topliss-reactive ketones (excluding diaryl/α,β-unsaturated/α-hetero) is 1. The third-order valence-corrected chi connectivity index (χ3v) is 8.53. The monoisotopic (exact) mass is 538 g/mol. The fourth-order valence-electron chi connectivity index (χ4n) is 3.14. The number of sulfone groups is 1. The Morgan fingerprint density at radius 1 is 1.18 bits per heavy atom. The van der Waals surface area contributed by atoms with Crippen molar-refractivity contribution >= 4 is 66.4 Å². The van der Waals surface area contributed by atoms with Gasteiger partial charge in [-0.15, -0.1) is 11.3 Å². The van der Waals surface area contributed by atoms with Gasteiger partial charge in [-0.3, -0.25) is 23.4 Å². The van der Waals surface area contributed by atoms with E-state index in [1.807, 2.05) is 0 Å². The van der Waals surface area contributed by atoms with Crippen LogP contribution in [-0.4, -0.2) is 43.3 Å². The van der Waals surface area contributed by atoms with E-state index in [1.54, 1.807) is 6.07 Å². The average molecular weight is 539 g/mol. The molecular weight excluding hydrogens is 524 g/mol. The second kappa shape index (κ2) is 9.72. The van der Waals surface area contributed by atoms with Gasteiger partial charge in [-0.1, -0.05) is 17.7 Å². The Bertz CT molecular complexity index is 1580. The first-order chi connectivity index (χ1) is 16.1. The van der Waals surface area contributed by atoms with Crippen LogP contribution in [0.4, 0.5) is 5.69 Å². The van der Waals surface area contributed by atoms with Crippen molar-refractivity contribution in [3.8, 4) is 5.82 Å². The lowest BCUT2D eigenvalue weighted by molar-refractivity contribution is -0.116. The second-order valence-electron chi connectivity index (χ2n) is 7.06. The Morgan fingerprint density at radius 2 is 1.97 bits per heavy atom. The van der Waals surface area contributed by atoms with Crippen molar-refractivity contribution in [1.29, 1.82) is 0 Å². The van der Waals surface area contributed by atoms with Gasteiger partial charge in [0, 0.05) is 18.3 Å². The molecule has 0 fully saturated rings. The first kappa shape index (κ1) is 24.2. The number of hydrogen-bond acceptors (Lipinski definition) is 8. The van der Waals surface area contributed by atoms with Gasteiger partial charge in [0.25, 0.3) is 16.8 Å². The van der Waals surface area contributed by atoms with Crippen LogP contribution >= 0.6 is 22.9 Å². The van der Waals surface area contributed by atoms with E-state index in [-0.39, 0.29) is 27.5 Å². The van der Waals surface area contributed by atoms with Gasteiger partial charge in [-0.25, -0.2) is 22.6 Å². The summed E-state index contributed by atoms with van der Waals surface area (Å²) in [7, 11) is -3.78. The lowest BCUT2D eigenvalue weighted by atomic mass is 10.1.